The molecule has 0 saturated heterocycles. The lowest BCUT2D eigenvalue weighted by Gasteiger charge is -2.15. The molecule has 2 N–H and O–H groups in total. The van der Waals surface area contributed by atoms with Crippen LogP contribution in [0.4, 0.5) is 4.79 Å². The zero-order valence-corrected chi connectivity index (χ0v) is 9.69. The SMILES string of the molecule is O=C(NC1(CCO)CC1)OCc1ccccc1. The van der Waals surface area contributed by atoms with Crippen molar-refractivity contribution < 1.29 is 14.6 Å². The minimum absolute atomic E-state index is 0.0962. The fourth-order valence-electron chi connectivity index (χ4n) is 1.78. The number of carbonyl (C=O) groups excluding carboxylic acids is 1. The summed E-state index contributed by atoms with van der Waals surface area (Å²) in [6.45, 7) is 0.376. The largest absolute Gasteiger partial charge is 0.445 e. The highest BCUT2D eigenvalue weighted by molar-refractivity contribution is 5.69. The van der Waals surface area contributed by atoms with E-state index in [-0.39, 0.29) is 18.8 Å². The predicted octanol–water partition coefficient (Wildman–Crippen LogP) is 1.83. The van der Waals surface area contributed by atoms with Crippen molar-refractivity contribution in [3.63, 3.8) is 0 Å². The van der Waals surface area contributed by atoms with Crippen molar-refractivity contribution in [1.29, 1.82) is 0 Å². The third-order valence-electron chi connectivity index (χ3n) is 3.02. The first kappa shape index (κ1) is 11.9. The number of hydrogen-bond donors (Lipinski definition) is 2. The van der Waals surface area contributed by atoms with Crippen molar-refractivity contribution in [3.05, 3.63) is 35.9 Å². The average Bonchev–Trinajstić information content (AvgIpc) is 3.08. The molecule has 1 fully saturated rings. The quantitative estimate of drug-likeness (QED) is 0.818. The summed E-state index contributed by atoms with van der Waals surface area (Å²) < 4.78 is 5.12. The van der Waals surface area contributed by atoms with E-state index in [9.17, 15) is 4.79 Å². The lowest BCUT2D eigenvalue weighted by Crippen LogP contribution is -2.37. The Bertz CT molecular complexity index is 374. The van der Waals surface area contributed by atoms with Gasteiger partial charge in [0.2, 0.25) is 0 Å². The van der Waals surface area contributed by atoms with Gasteiger partial charge in [0, 0.05) is 12.1 Å². The van der Waals surface area contributed by atoms with Gasteiger partial charge in [0.05, 0.1) is 0 Å². The van der Waals surface area contributed by atoms with Crippen molar-refractivity contribution in [2.24, 2.45) is 0 Å². The van der Waals surface area contributed by atoms with E-state index in [0.717, 1.165) is 18.4 Å². The number of aliphatic hydroxyl groups excluding tert-OH is 1. The molecule has 0 atom stereocenters. The van der Waals surface area contributed by atoms with Gasteiger partial charge in [0.1, 0.15) is 6.61 Å². The van der Waals surface area contributed by atoms with Crippen LogP contribution >= 0.6 is 0 Å². The number of carbonyl (C=O) groups is 1. The van der Waals surface area contributed by atoms with Crippen molar-refractivity contribution in [2.75, 3.05) is 6.61 Å². The molecule has 92 valence electrons. The van der Waals surface area contributed by atoms with Crippen LogP contribution in [0.15, 0.2) is 30.3 Å². The monoisotopic (exact) mass is 235 g/mol. The Morgan fingerprint density at radius 1 is 1.35 bits per heavy atom. The van der Waals surface area contributed by atoms with Crippen LogP contribution in [0.3, 0.4) is 0 Å². The third kappa shape index (κ3) is 3.46. The first-order valence-electron chi connectivity index (χ1n) is 5.84. The second-order valence-electron chi connectivity index (χ2n) is 4.44. The van der Waals surface area contributed by atoms with Gasteiger partial charge < -0.3 is 15.2 Å². The second-order valence-corrected chi connectivity index (χ2v) is 4.44. The maximum Gasteiger partial charge on any atom is 0.407 e. The maximum atomic E-state index is 11.5. The molecule has 0 bridgehead atoms. The van der Waals surface area contributed by atoms with Gasteiger partial charge in [-0.3, -0.25) is 0 Å². The van der Waals surface area contributed by atoms with Gasteiger partial charge in [0.15, 0.2) is 0 Å². The average molecular weight is 235 g/mol. The maximum absolute atomic E-state index is 11.5. The minimum atomic E-state index is -0.403. The smallest absolute Gasteiger partial charge is 0.407 e. The number of ether oxygens (including phenoxy) is 1. The Hall–Kier alpha value is -1.55. The molecule has 0 spiro atoms. The lowest BCUT2D eigenvalue weighted by atomic mass is 10.2. The Labute approximate surface area is 101 Å². The molecular formula is C13H17NO3. The van der Waals surface area contributed by atoms with Gasteiger partial charge in [0.25, 0.3) is 0 Å². The number of benzene rings is 1. The molecule has 1 aromatic rings. The summed E-state index contributed by atoms with van der Waals surface area (Å²) in [6.07, 6.45) is 2.05. The zero-order valence-electron chi connectivity index (χ0n) is 9.69. The molecule has 1 aliphatic rings. The molecule has 4 heteroatoms. The standard InChI is InChI=1S/C13H17NO3/c15-9-8-13(6-7-13)14-12(16)17-10-11-4-2-1-3-5-11/h1-5,15H,6-10H2,(H,14,16). The lowest BCUT2D eigenvalue weighted by molar-refractivity contribution is 0.131. The Morgan fingerprint density at radius 3 is 2.65 bits per heavy atom. The summed E-state index contributed by atoms with van der Waals surface area (Å²) in [5, 5.41) is 11.7. The van der Waals surface area contributed by atoms with Crippen molar-refractivity contribution in [1.82, 2.24) is 5.32 Å². The van der Waals surface area contributed by atoms with E-state index < -0.39 is 6.09 Å². The van der Waals surface area contributed by atoms with Crippen LogP contribution in [0.2, 0.25) is 0 Å². The Kier molecular flexibility index (Phi) is 3.64. The van der Waals surface area contributed by atoms with E-state index in [4.69, 9.17) is 9.84 Å². The molecule has 0 unspecified atom stereocenters. The predicted molar refractivity (Wildman–Crippen MR) is 63.4 cm³/mol. The molecule has 1 aromatic carbocycles. The van der Waals surface area contributed by atoms with Crippen molar-refractivity contribution in [2.45, 2.75) is 31.4 Å². The number of amides is 1. The number of hydrogen-bond acceptors (Lipinski definition) is 3. The number of rotatable bonds is 5. The molecule has 4 nitrogen and oxygen atoms in total. The number of aliphatic hydroxyl groups is 1. The van der Waals surface area contributed by atoms with E-state index in [1.807, 2.05) is 30.3 Å². The number of alkyl carbamates (subject to hydrolysis) is 1. The van der Waals surface area contributed by atoms with Gasteiger partial charge in [-0.1, -0.05) is 30.3 Å². The highest BCUT2D eigenvalue weighted by atomic mass is 16.5. The highest BCUT2D eigenvalue weighted by Gasteiger charge is 2.43. The molecule has 0 aromatic heterocycles. The van der Waals surface area contributed by atoms with Crippen LogP contribution in [-0.2, 0) is 11.3 Å². The summed E-state index contributed by atoms with van der Waals surface area (Å²) in [7, 11) is 0. The van der Waals surface area contributed by atoms with Crippen LogP contribution in [0.25, 0.3) is 0 Å². The molecule has 1 saturated carbocycles. The summed E-state index contributed by atoms with van der Waals surface area (Å²) >= 11 is 0. The fraction of sp³-hybridized carbons (Fsp3) is 0.462. The zero-order chi connectivity index (χ0) is 12.1. The van der Waals surface area contributed by atoms with Gasteiger partial charge in [-0.2, -0.15) is 0 Å². The molecular weight excluding hydrogens is 218 g/mol. The van der Waals surface area contributed by atoms with E-state index >= 15 is 0 Å². The first-order valence-corrected chi connectivity index (χ1v) is 5.84. The third-order valence-corrected chi connectivity index (χ3v) is 3.02. The first-order chi connectivity index (χ1) is 8.24. The molecule has 0 heterocycles. The van der Waals surface area contributed by atoms with Gasteiger partial charge in [-0.25, -0.2) is 4.79 Å². The van der Waals surface area contributed by atoms with Crippen LogP contribution in [0.1, 0.15) is 24.8 Å². The molecule has 1 aliphatic carbocycles. The summed E-state index contributed by atoms with van der Waals surface area (Å²) in [6, 6.07) is 9.56. The van der Waals surface area contributed by atoms with E-state index in [2.05, 4.69) is 5.32 Å². The topological polar surface area (TPSA) is 58.6 Å². The molecule has 0 radical (unpaired) electrons. The Balaban J connectivity index is 1.75. The van der Waals surface area contributed by atoms with Gasteiger partial charge in [-0.05, 0) is 24.8 Å². The summed E-state index contributed by atoms with van der Waals surface area (Å²) in [4.78, 5) is 11.5. The van der Waals surface area contributed by atoms with Gasteiger partial charge in [-0.15, -0.1) is 0 Å². The summed E-state index contributed by atoms with van der Waals surface area (Å²) in [5.74, 6) is 0. The highest BCUT2D eigenvalue weighted by Crippen LogP contribution is 2.38. The van der Waals surface area contributed by atoms with E-state index in [0.29, 0.717) is 6.42 Å². The van der Waals surface area contributed by atoms with Gasteiger partial charge >= 0.3 is 6.09 Å². The number of nitrogens with one attached hydrogen (secondary N) is 1. The van der Waals surface area contributed by atoms with Crippen LogP contribution in [-0.4, -0.2) is 23.3 Å². The molecule has 0 aliphatic heterocycles. The molecule has 2 rings (SSSR count). The van der Waals surface area contributed by atoms with E-state index in [1.54, 1.807) is 0 Å². The van der Waals surface area contributed by atoms with Crippen LogP contribution in [0.5, 0.6) is 0 Å². The molecule has 17 heavy (non-hydrogen) atoms. The van der Waals surface area contributed by atoms with Crippen LogP contribution in [0, 0.1) is 0 Å². The fourth-order valence-corrected chi connectivity index (χ4v) is 1.78. The van der Waals surface area contributed by atoms with Crippen molar-refractivity contribution >= 4 is 6.09 Å². The van der Waals surface area contributed by atoms with Crippen molar-refractivity contribution in [3.8, 4) is 0 Å². The summed E-state index contributed by atoms with van der Waals surface area (Å²) in [5.41, 5.74) is 0.761. The van der Waals surface area contributed by atoms with Crippen LogP contribution < -0.4 is 5.32 Å². The second kappa shape index (κ2) is 5.19. The minimum Gasteiger partial charge on any atom is -0.445 e. The normalized spacial score (nSPS) is 16.3. The van der Waals surface area contributed by atoms with E-state index in [1.165, 1.54) is 0 Å². The molecule has 1 amide bonds. The Morgan fingerprint density at radius 2 is 2.06 bits per heavy atom.